The molecule has 0 aliphatic carbocycles. The lowest BCUT2D eigenvalue weighted by Gasteiger charge is -2.15. The molecule has 7 heteroatoms. The Hall–Kier alpha value is -2.31. The monoisotopic (exact) mass is 385 g/mol. The van der Waals surface area contributed by atoms with E-state index in [9.17, 15) is 0 Å². The number of aryl methyl sites for hydroxylation is 1. The largest absolute Gasteiger partial charge is 0.493 e. The Balaban J connectivity index is 1.27. The fourth-order valence-electron chi connectivity index (χ4n) is 3.56. The van der Waals surface area contributed by atoms with Gasteiger partial charge in [0.25, 0.3) is 0 Å². The third kappa shape index (κ3) is 4.51. The molecular formula is C20H24ClN5O. The summed E-state index contributed by atoms with van der Waals surface area (Å²) in [5.74, 6) is 1.28. The van der Waals surface area contributed by atoms with Crippen molar-refractivity contribution in [2.24, 2.45) is 7.05 Å². The van der Waals surface area contributed by atoms with Gasteiger partial charge in [0.05, 0.1) is 18.0 Å². The van der Waals surface area contributed by atoms with Crippen LogP contribution in [0.4, 0.5) is 0 Å². The first kappa shape index (κ1) is 18.1. The van der Waals surface area contributed by atoms with Crippen LogP contribution in [0, 0.1) is 0 Å². The average molecular weight is 386 g/mol. The van der Waals surface area contributed by atoms with Crippen molar-refractivity contribution in [1.29, 1.82) is 0 Å². The van der Waals surface area contributed by atoms with Crippen molar-refractivity contribution < 1.29 is 4.74 Å². The summed E-state index contributed by atoms with van der Waals surface area (Å²) in [6, 6.07) is 11.7. The molecule has 1 aliphatic rings. The number of ether oxygens (including phenoxy) is 1. The molecule has 1 N–H and O–H groups in total. The molecule has 0 radical (unpaired) electrons. The van der Waals surface area contributed by atoms with Gasteiger partial charge in [-0.2, -0.15) is 10.2 Å². The quantitative estimate of drug-likeness (QED) is 0.677. The molecule has 3 aromatic rings. The van der Waals surface area contributed by atoms with Gasteiger partial charge in [0.15, 0.2) is 0 Å². The Labute approximate surface area is 164 Å². The third-order valence-corrected chi connectivity index (χ3v) is 5.32. The zero-order chi connectivity index (χ0) is 18.6. The van der Waals surface area contributed by atoms with Crippen LogP contribution in [-0.2, 0) is 20.0 Å². The van der Waals surface area contributed by atoms with Gasteiger partial charge in [-0.1, -0.05) is 17.7 Å². The van der Waals surface area contributed by atoms with E-state index in [1.54, 1.807) is 0 Å². The number of H-pyrrole nitrogens is 1. The average Bonchev–Trinajstić information content (AvgIpc) is 3.38. The first-order valence-corrected chi connectivity index (χ1v) is 9.67. The van der Waals surface area contributed by atoms with Crippen molar-refractivity contribution in [3.05, 3.63) is 64.7 Å². The van der Waals surface area contributed by atoms with E-state index < -0.39 is 0 Å². The van der Waals surface area contributed by atoms with E-state index in [1.807, 2.05) is 42.2 Å². The second kappa shape index (κ2) is 8.15. The minimum absolute atomic E-state index is 0.483. The highest BCUT2D eigenvalue weighted by molar-refractivity contribution is 6.30. The minimum Gasteiger partial charge on any atom is -0.493 e. The van der Waals surface area contributed by atoms with Crippen LogP contribution in [0.1, 0.15) is 29.4 Å². The fraction of sp³-hybridized carbons (Fsp3) is 0.400. The number of aromatic amines is 1. The zero-order valence-electron chi connectivity index (χ0n) is 15.4. The van der Waals surface area contributed by atoms with Crippen LogP contribution in [0.15, 0.2) is 42.6 Å². The normalized spacial score (nSPS) is 17.5. The molecule has 3 heterocycles. The molecule has 6 nitrogen and oxygen atoms in total. The summed E-state index contributed by atoms with van der Waals surface area (Å²) in [5.41, 5.74) is 3.51. The molecular weight excluding hydrogens is 362 g/mol. The number of benzene rings is 1. The van der Waals surface area contributed by atoms with Crippen molar-refractivity contribution in [3.8, 4) is 5.75 Å². The smallest absolute Gasteiger partial charge is 0.120 e. The van der Waals surface area contributed by atoms with Gasteiger partial charge in [-0.3, -0.25) is 14.7 Å². The molecule has 142 valence electrons. The molecule has 0 spiro atoms. The minimum atomic E-state index is 0.483. The maximum Gasteiger partial charge on any atom is 0.120 e. The van der Waals surface area contributed by atoms with E-state index in [1.165, 1.54) is 5.69 Å². The highest BCUT2D eigenvalue weighted by atomic mass is 35.5. The van der Waals surface area contributed by atoms with Gasteiger partial charge in [0, 0.05) is 49.4 Å². The highest BCUT2D eigenvalue weighted by Crippen LogP contribution is 2.27. The Kier molecular flexibility index (Phi) is 5.45. The molecule has 0 bridgehead atoms. The number of rotatable bonds is 7. The maximum atomic E-state index is 5.98. The highest BCUT2D eigenvalue weighted by Gasteiger charge is 2.26. The number of likely N-dealkylation sites (tertiary alicyclic amines) is 1. The summed E-state index contributed by atoms with van der Waals surface area (Å²) in [4.78, 5) is 2.47. The molecule has 2 aromatic heterocycles. The Bertz CT molecular complexity index is 890. The van der Waals surface area contributed by atoms with Crippen LogP contribution in [0.25, 0.3) is 0 Å². The van der Waals surface area contributed by atoms with Crippen LogP contribution in [0.3, 0.4) is 0 Å². The molecule has 1 aromatic carbocycles. The molecule has 0 unspecified atom stereocenters. The molecule has 0 saturated carbocycles. The first-order chi connectivity index (χ1) is 13.2. The molecule has 0 amide bonds. The molecule has 1 aliphatic heterocycles. The van der Waals surface area contributed by atoms with Gasteiger partial charge in [-0.15, -0.1) is 0 Å². The van der Waals surface area contributed by atoms with Gasteiger partial charge in [-0.05, 0) is 43.3 Å². The van der Waals surface area contributed by atoms with Gasteiger partial charge >= 0.3 is 0 Å². The van der Waals surface area contributed by atoms with Crippen molar-refractivity contribution >= 4 is 11.6 Å². The predicted octanol–water partition coefficient (Wildman–Crippen LogP) is 3.41. The molecule has 27 heavy (non-hydrogen) atoms. The maximum absolute atomic E-state index is 5.98. The molecule has 1 fully saturated rings. The second-order valence-corrected chi connectivity index (χ2v) is 7.48. The van der Waals surface area contributed by atoms with Crippen LogP contribution >= 0.6 is 11.6 Å². The lowest BCUT2D eigenvalue weighted by Crippen LogP contribution is -2.21. The summed E-state index contributed by atoms with van der Waals surface area (Å²) < 4.78 is 7.71. The predicted molar refractivity (Wildman–Crippen MR) is 105 cm³/mol. The number of aromatic nitrogens is 4. The number of nitrogens with zero attached hydrogens (tertiary/aromatic N) is 4. The summed E-state index contributed by atoms with van der Waals surface area (Å²) in [7, 11) is 1.99. The lowest BCUT2D eigenvalue weighted by molar-refractivity contribution is 0.316. The number of halogens is 1. The number of hydrogen-bond donors (Lipinski definition) is 1. The zero-order valence-corrected chi connectivity index (χ0v) is 16.2. The second-order valence-electron chi connectivity index (χ2n) is 7.04. The van der Waals surface area contributed by atoms with Crippen molar-refractivity contribution in [2.45, 2.75) is 25.3 Å². The Morgan fingerprint density at radius 2 is 2.22 bits per heavy atom. The SMILES string of the molecule is Cn1nccc1CN1CC[C@H](c2cc(CCOc3cccc(Cl)c3)[nH]n2)C1. The topological polar surface area (TPSA) is 59.0 Å². The molecule has 1 saturated heterocycles. The standard InChI is InChI=1S/C20H24ClN5O/c1-25-18(5-8-22-25)14-26-9-6-15(13-26)20-12-17(23-24-20)7-10-27-19-4-2-3-16(21)11-19/h2-5,8,11-12,15H,6-7,9-10,13-14H2,1H3,(H,23,24)/t15-/m0/s1. The summed E-state index contributed by atoms with van der Waals surface area (Å²) >= 11 is 5.98. The summed E-state index contributed by atoms with van der Waals surface area (Å²) in [6.45, 7) is 3.67. The Morgan fingerprint density at radius 3 is 3.04 bits per heavy atom. The van der Waals surface area contributed by atoms with Crippen LogP contribution in [0.2, 0.25) is 5.02 Å². The van der Waals surface area contributed by atoms with Crippen molar-refractivity contribution in [3.63, 3.8) is 0 Å². The van der Waals surface area contributed by atoms with Gasteiger partial charge in [0.1, 0.15) is 5.75 Å². The number of hydrogen-bond acceptors (Lipinski definition) is 4. The van der Waals surface area contributed by atoms with E-state index >= 15 is 0 Å². The fourth-order valence-corrected chi connectivity index (χ4v) is 3.74. The van der Waals surface area contributed by atoms with Crippen LogP contribution in [0.5, 0.6) is 5.75 Å². The Morgan fingerprint density at radius 1 is 1.30 bits per heavy atom. The van der Waals surface area contributed by atoms with E-state index in [2.05, 4.69) is 32.3 Å². The van der Waals surface area contributed by atoms with Gasteiger partial charge in [0.2, 0.25) is 0 Å². The van der Waals surface area contributed by atoms with Crippen molar-refractivity contribution in [2.75, 3.05) is 19.7 Å². The lowest BCUT2D eigenvalue weighted by atomic mass is 10.0. The van der Waals surface area contributed by atoms with E-state index in [0.717, 1.165) is 49.6 Å². The number of nitrogens with one attached hydrogen (secondary N) is 1. The van der Waals surface area contributed by atoms with Crippen LogP contribution in [-0.4, -0.2) is 44.6 Å². The van der Waals surface area contributed by atoms with Gasteiger partial charge < -0.3 is 4.74 Å². The van der Waals surface area contributed by atoms with E-state index in [-0.39, 0.29) is 0 Å². The summed E-state index contributed by atoms with van der Waals surface area (Å²) in [5, 5.41) is 12.6. The molecule has 1 atom stereocenters. The third-order valence-electron chi connectivity index (χ3n) is 5.09. The summed E-state index contributed by atoms with van der Waals surface area (Å²) in [6.07, 6.45) is 3.79. The van der Waals surface area contributed by atoms with Crippen LogP contribution < -0.4 is 4.74 Å². The van der Waals surface area contributed by atoms with E-state index in [0.29, 0.717) is 17.5 Å². The molecule has 4 rings (SSSR count). The van der Waals surface area contributed by atoms with Crippen molar-refractivity contribution in [1.82, 2.24) is 24.9 Å². The van der Waals surface area contributed by atoms with E-state index in [4.69, 9.17) is 16.3 Å². The first-order valence-electron chi connectivity index (χ1n) is 9.29. The van der Waals surface area contributed by atoms with Gasteiger partial charge in [-0.25, -0.2) is 0 Å².